The highest BCUT2D eigenvalue weighted by Gasteiger charge is 2.25. The topological polar surface area (TPSA) is 70.7 Å². The third-order valence-corrected chi connectivity index (χ3v) is 9.08. The third kappa shape index (κ3) is 9.13. The molecule has 188 valence electrons. The van der Waals surface area contributed by atoms with E-state index in [1.54, 1.807) is 0 Å². The SMILES string of the molecule is CNS(=O)(=O)N[C@H]1CC[C@H](CCCN2CCC(Cc3cc(OC(C)C)ccc3Br)CC2)CC1. The number of nitrogens with zero attached hydrogens (tertiary/aromatic N) is 1. The molecule has 1 heterocycles. The molecule has 2 N–H and O–H groups in total. The van der Waals surface area contributed by atoms with Crippen LogP contribution >= 0.6 is 15.9 Å². The zero-order chi connectivity index (χ0) is 23.8. The lowest BCUT2D eigenvalue weighted by Crippen LogP contribution is -2.42. The number of piperidine rings is 1. The van der Waals surface area contributed by atoms with E-state index in [1.807, 2.05) is 6.07 Å². The lowest BCUT2D eigenvalue weighted by atomic mass is 9.83. The van der Waals surface area contributed by atoms with Gasteiger partial charge >= 0.3 is 0 Å². The van der Waals surface area contributed by atoms with E-state index in [4.69, 9.17) is 4.74 Å². The fourth-order valence-corrected chi connectivity index (χ4v) is 6.43. The van der Waals surface area contributed by atoms with Gasteiger partial charge in [0.2, 0.25) is 0 Å². The summed E-state index contributed by atoms with van der Waals surface area (Å²) in [6, 6.07) is 6.46. The second-order valence-corrected chi connectivity index (χ2v) is 12.6. The molecule has 1 aromatic carbocycles. The summed E-state index contributed by atoms with van der Waals surface area (Å²) < 4.78 is 35.5. The smallest absolute Gasteiger partial charge is 0.276 e. The first-order valence-corrected chi connectivity index (χ1v) is 14.9. The summed E-state index contributed by atoms with van der Waals surface area (Å²) in [7, 11) is -1.86. The Morgan fingerprint density at radius 2 is 1.79 bits per heavy atom. The van der Waals surface area contributed by atoms with Crippen molar-refractivity contribution in [1.29, 1.82) is 0 Å². The van der Waals surface area contributed by atoms with Gasteiger partial charge in [-0.05, 0) is 127 Å². The fourth-order valence-electron chi connectivity index (χ4n) is 5.23. The van der Waals surface area contributed by atoms with Crippen LogP contribution in [0, 0.1) is 11.8 Å². The molecule has 8 heteroatoms. The predicted molar refractivity (Wildman–Crippen MR) is 139 cm³/mol. The summed E-state index contributed by atoms with van der Waals surface area (Å²) in [4.78, 5) is 2.64. The maximum atomic E-state index is 11.7. The summed E-state index contributed by atoms with van der Waals surface area (Å²) in [6.45, 7) is 7.72. The van der Waals surface area contributed by atoms with Gasteiger partial charge in [0.15, 0.2) is 0 Å². The molecule has 0 radical (unpaired) electrons. The highest BCUT2D eigenvalue weighted by Crippen LogP contribution is 2.30. The van der Waals surface area contributed by atoms with E-state index < -0.39 is 10.2 Å². The first-order chi connectivity index (χ1) is 15.7. The molecule has 1 saturated carbocycles. The molecule has 1 aliphatic heterocycles. The minimum Gasteiger partial charge on any atom is -0.491 e. The van der Waals surface area contributed by atoms with Crippen LogP contribution in [0.3, 0.4) is 0 Å². The average molecular weight is 545 g/mol. The maximum absolute atomic E-state index is 11.7. The monoisotopic (exact) mass is 543 g/mol. The van der Waals surface area contributed by atoms with Crippen molar-refractivity contribution in [2.24, 2.45) is 11.8 Å². The first-order valence-electron chi connectivity index (χ1n) is 12.6. The Labute approximate surface area is 209 Å². The Morgan fingerprint density at radius 1 is 1.09 bits per heavy atom. The normalized spacial score (nSPS) is 23.2. The molecule has 0 bridgehead atoms. The van der Waals surface area contributed by atoms with Crippen LogP contribution in [0.2, 0.25) is 0 Å². The van der Waals surface area contributed by atoms with Crippen molar-refractivity contribution < 1.29 is 13.2 Å². The van der Waals surface area contributed by atoms with Gasteiger partial charge in [-0.1, -0.05) is 15.9 Å². The van der Waals surface area contributed by atoms with E-state index in [1.165, 1.54) is 62.4 Å². The molecule has 0 aromatic heterocycles. The molecule has 0 atom stereocenters. The summed E-state index contributed by atoms with van der Waals surface area (Å²) in [5.41, 5.74) is 1.36. The lowest BCUT2D eigenvalue weighted by molar-refractivity contribution is 0.174. The van der Waals surface area contributed by atoms with Gasteiger partial charge in [0.1, 0.15) is 5.75 Å². The highest BCUT2D eigenvalue weighted by molar-refractivity contribution is 9.10. The molecule has 1 aliphatic carbocycles. The van der Waals surface area contributed by atoms with Crippen LogP contribution in [0.25, 0.3) is 0 Å². The van der Waals surface area contributed by atoms with Crippen molar-refractivity contribution in [3.8, 4) is 5.75 Å². The minimum absolute atomic E-state index is 0.0930. The average Bonchev–Trinajstić information content (AvgIpc) is 2.78. The van der Waals surface area contributed by atoms with E-state index >= 15 is 0 Å². The van der Waals surface area contributed by atoms with Gasteiger partial charge in [0.25, 0.3) is 10.2 Å². The maximum Gasteiger partial charge on any atom is 0.276 e. The van der Waals surface area contributed by atoms with Gasteiger partial charge in [-0.15, -0.1) is 0 Å². The second-order valence-electron chi connectivity index (χ2n) is 10.1. The minimum atomic E-state index is -3.32. The molecule has 33 heavy (non-hydrogen) atoms. The number of rotatable bonds is 11. The highest BCUT2D eigenvalue weighted by atomic mass is 79.9. The van der Waals surface area contributed by atoms with E-state index in [2.05, 4.69) is 56.3 Å². The Morgan fingerprint density at radius 3 is 2.42 bits per heavy atom. The molecular weight excluding hydrogens is 502 g/mol. The van der Waals surface area contributed by atoms with Gasteiger partial charge in [-0.2, -0.15) is 13.1 Å². The van der Waals surface area contributed by atoms with Crippen LogP contribution < -0.4 is 14.2 Å². The van der Waals surface area contributed by atoms with Crippen LogP contribution in [-0.4, -0.2) is 52.1 Å². The Kier molecular flexibility index (Phi) is 10.5. The molecule has 0 unspecified atom stereocenters. The number of benzene rings is 1. The molecule has 2 fully saturated rings. The summed E-state index contributed by atoms with van der Waals surface area (Å²) in [5.74, 6) is 2.45. The molecule has 0 spiro atoms. The fraction of sp³-hybridized carbons (Fsp3) is 0.760. The van der Waals surface area contributed by atoms with Gasteiger partial charge in [-0.3, -0.25) is 0 Å². The van der Waals surface area contributed by atoms with Crippen molar-refractivity contribution in [2.45, 2.75) is 83.8 Å². The quantitative estimate of drug-likeness (QED) is 0.417. The van der Waals surface area contributed by atoms with E-state index in [0.29, 0.717) is 0 Å². The van der Waals surface area contributed by atoms with E-state index in [9.17, 15) is 8.42 Å². The molecule has 6 nitrogen and oxygen atoms in total. The van der Waals surface area contributed by atoms with Gasteiger partial charge < -0.3 is 9.64 Å². The first kappa shape index (κ1) is 26.9. The zero-order valence-electron chi connectivity index (χ0n) is 20.5. The molecule has 1 aromatic rings. The van der Waals surface area contributed by atoms with Crippen molar-refractivity contribution >= 4 is 26.1 Å². The Bertz CT molecular complexity index is 833. The number of halogens is 1. The number of ether oxygens (including phenoxy) is 1. The number of hydrogen-bond acceptors (Lipinski definition) is 4. The Balaban J connectivity index is 1.32. The van der Waals surface area contributed by atoms with Crippen LogP contribution in [0.5, 0.6) is 5.75 Å². The Hall–Kier alpha value is -0.670. The molecule has 1 saturated heterocycles. The number of nitrogens with one attached hydrogen (secondary N) is 2. The molecule has 3 rings (SSSR count). The summed E-state index contributed by atoms with van der Waals surface area (Å²) >= 11 is 3.73. The summed E-state index contributed by atoms with van der Waals surface area (Å²) in [5, 5.41) is 0. The third-order valence-electron chi connectivity index (χ3n) is 7.13. The standard InChI is InChI=1S/C25H42BrN3O3S/c1-19(2)32-24-10-11-25(26)22(18-24)17-21-12-15-29(16-13-21)14-4-5-20-6-8-23(9-7-20)28-33(30,31)27-3/h10-11,18-21,23,27-28H,4-9,12-17H2,1-3H3/t20-,23-. The van der Waals surface area contributed by atoms with E-state index in [-0.39, 0.29) is 12.1 Å². The lowest BCUT2D eigenvalue weighted by Gasteiger charge is -2.33. The van der Waals surface area contributed by atoms with E-state index in [0.717, 1.165) is 49.7 Å². The second kappa shape index (κ2) is 12.9. The van der Waals surface area contributed by atoms with Crippen molar-refractivity contribution in [3.63, 3.8) is 0 Å². The van der Waals surface area contributed by atoms with Crippen LogP contribution in [0.4, 0.5) is 0 Å². The molecular formula is C25H42BrN3O3S. The van der Waals surface area contributed by atoms with Crippen LogP contribution in [0.15, 0.2) is 22.7 Å². The van der Waals surface area contributed by atoms with Crippen molar-refractivity contribution in [1.82, 2.24) is 14.3 Å². The number of likely N-dealkylation sites (tertiary alicyclic amines) is 1. The van der Waals surface area contributed by atoms with Crippen LogP contribution in [-0.2, 0) is 16.6 Å². The van der Waals surface area contributed by atoms with Crippen molar-refractivity contribution in [2.75, 3.05) is 26.7 Å². The van der Waals surface area contributed by atoms with Gasteiger partial charge in [-0.25, -0.2) is 4.72 Å². The predicted octanol–water partition coefficient (Wildman–Crippen LogP) is 4.88. The summed E-state index contributed by atoms with van der Waals surface area (Å²) in [6.07, 6.45) is 10.5. The molecule has 2 aliphatic rings. The van der Waals surface area contributed by atoms with Crippen molar-refractivity contribution in [3.05, 3.63) is 28.2 Å². The van der Waals surface area contributed by atoms with Gasteiger partial charge in [0.05, 0.1) is 6.10 Å². The number of hydrogen-bond donors (Lipinski definition) is 2. The zero-order valence-corrected chi connectivity index (χ0v) is 22.9. The van der Waals surface area contributed by atoms with Gasteiger partial charge in [0, 0.05) is 17.6 Å². The largest absolute Gasteiger partial charge is 0.491 e. The van der Waals surface area contributed by atoms with Crippen LogP contribution in [0.1, 0.15) is 70.8 Å². The molecule has 0 amide bonds.